The molecule has 220 valence electrons. The molecule has 0 radical (unpaired) electrons. The molecule has 0 aliphatic rings. The Morgan fingerprint density at radius 1 is 0.886 bits per heavy atom. The molecule has 0 spiro atoms. The molecule has 4 aromatic carbocycles. The summed E-state index contributed by atoms with van der Waals surface area (Å²) in [6, 6.07) is 27.1. The Labute approximate surface area is 247 Å². The molecule has 0 atom stereocenters. The van der Waals surface area contributed by atoms with Gasteiger partial charge in [0.15, 0.2) is 11.7 Å². The maximum Gasteiger partial charge on any atom is 0.471 e. The molecule has 4 N–H and O–H groups in total. The highest BCUT2D eigenvalue weighted by Crippen LogP contribution is 2.33. The number of anilines is 2. The quantitative estimate of drug-likeness (QED) is 0.160. The normalized spacial score (nSPS) is 12.0. The number of aromatic nitrogens is 3. The Hall–Kier alpha value is -5.91. The van der Waals surface area contributed by atoms with E-state index in [9.17, 15) is 27.9 Å². The van der Waals surface area contributed by atoms with E-state index in [0.717, 1.165) is 12.6 Å². The lowest BCUT2D eigenvalue weighted by Crippen LogP contribution is -2.38. The van der Waals surface area contributed by atoms with Crippen LogP contribution in [0.4, 0.5) is 30.2 Å². The third-order valence-corrected chi connectivity index (χ3v) is 6.95. The fourth-order valence-electron chi connectivity index (χ4n) is 4.80. The summed E-state index contributed by atoms with van der Waals surface area (Å²) in [5.74, 6) is -2.44. The lowest BCUT2D eigenvalue weighted by molar-refractivity contribution is -0.170. The molecular formula is C32H23F3N6O3. The average molecular weight is 597 g/mol. The maximum atomic E-state index is 12.9. The summed E-state index contributed by atoms with van der Waals surface area (Å²) >= 11 is 0. The summed E-state index contributed by atoms with van der Waals surface area (Å²) in [6.07, 6.45) is -5.00. The number of benzene rings is 4. The number of fused-ring (bicyclic) bond motifs is 2. The minimum absolute atomic E-state index is 0.0414. The van der Waals surface area contributed by atoms with Crippen LogP contribution >= 0.6 is 0 Å². The van der Waals surface area contributed by atoms with Crippen LogP contribution in [-0.4, -0.2) is 50.8 Å². The third kappa shape index (κ3) is 5.48. The van der Waals surface area contributed by atoms with Crippen LogP contribution in [0, 0.1) is 0 Å². The molecule has 12 heteroatoms. The highest BCUT2D eigenvalue weighted by atomic mass is 19.4. The average Bonchev–Trinajstić information content (AvgIpc) is 3.60. The number of nitrogens with zero attached hydrogens (tertiary/aromatic N) is 3. The van der Waals surface area contributed by atoms with Gasteiger partial charge in [-0.2, -0.15) is 13.2 Å². The minimum atomic E-state index is -5.00. The topological polar surface area (TPSA) is 126 Å². The Kier molecular flexibility index (Phi) is 7.09. The highest BCUT2D eigenvalue weighted by molar-refractivity contribution is 6.22. The molecule has 6 rings (SSSR count). The van der Waals surface area contributed by atoms with Gasteiger partial charge in [0, 0.05) is 29.4 Å². The lowest BCUT2D eigenvalue weighted by Gasteiger charge is -2.18. The zero-order valence-corrected chi connectivity index (χ0v) is 23.0. The number of hydrogen-bond donors (Lipinski definition) is 4. The van der Waals surface area contributed by atoms with Crippen LogP contribution in [0.3, 0.4) is 0 Å². The fraction of sp³-hybridized carbons (Fsp3) is 0.0625. The van der Waals surface area contributed by atoms with Crippen LogP contribution in [0.25, 0.3) is 21.9 Å². The molecular weight excluding hydrogens is 573 g/mol. The largest absolute Gasteiger partial charge is 0.494 e. The number of para-hydroxylation sites is 2. The van der Waals surface area contributed by atoms with E-state index >= 15 is 0 Å². The third-order valence-electron chi connectivity index (χ3n) is 6.95. The van der Waals surface area contributed by atoms with Crippen molar-refractivity contribution in [2.75, 3.05) is 17.3 Å². The Morgan fingerprint density at radius 2 is 1.59 bits per heavy atom. The first-order valence-corrected chi connectivity index (χ1v) is 13.3. The van der Waals surface area contributed by atoms with Crippen molar-refractivity contribution in [3.63, 3.8) is 0 Å². The molecule has 2 heterocycles. The summed E-state index contributed by atoms with van der Waals surface area (Å²) in [4.78, 5) is 40.0. The van der Waals surface area contributed by atoms with Gasteiger partial charge in [0.05, 0.1) is 33.5 Å². The van der Waals surface area contributed by atoms with Crippen molar-refractivity contribution < 1.29 is 27.9 Å². The van der Waals surface area contributed by atoms with Gasteiger partial charge in [0.1, 0.15) is 0 Å². The van der Waals surface area contributed by atoms with Gasteiger partial charge < -0.3 is 25.3 Å². The number of hydrogen-bond acceptors (Lipinski definition) is 5. The zero-order valence-electron chi connectivity index (χ0n) is 23.0. The first kappa shape index (κ1) is 28.2. The lowest BCUT2D eigenvalue weighted by atomic mass is 10.0. The van der Waals surface area contributed by atoms with Crippen LogP contribution < -0.4 is 10.2 Å². The number of aliphatic imine (C=N–C) groups is 1. The molecule has 9 nitrogen and oxygen atoms in total. The molecule has 2 aromatic heterocycles. The van der Waals surface area contributed by atoms with E-state index in [-0.39, 0.29) is 17.4 Å². The Balaban J connectivity index is 1.34. The number of carbonyl (C=O) groups is 2. The van der Waals surface area contributed by atoms with Gasteiger partial charge in [-0.05, 0) is 54.6 Å². The molecule has 0 unspecified atom stereocenters. The number of H-pyrrole nitrogens is 2. The van der Waals surface area contributed by atoms with Crippen LogP contribution in [0.5, 0.6) is 5.88 Å². The number of amides is 2. The van der Waals surface area contributed by atoms with E-state index in [1.54, 1.807) is 24.3 Å². The Bertz CT molecular complexity index is 2010. The zero-order chi connectivity index (χ0) is 31.0. The fourth-order valence-corrected chi connectivity index (χ4v) is 4.80. The van der Waals surface area contributed by atoms with E-state index in [1.165, 1.54) is 24.3 Å². The molecule has 6 aromatic rings. The van der Waals surface area contributed by atoms with Crippen LogP contribution in [0.2, 0.25) is 0 Å². The molecule has 44 heavy (non-hydrogen) atoms. The van der Waals surface area contributed by atoms with Crippen molar-refractivity contribution in [1.82, 2.24) is 15.0 Å². The van der Waals surface area contributed by atoms with Crippen LogP contribution in [0.15, 0.2) is 102 Å². The minimum Gasteiger partial charge on any atom is -0.494 e. The number of aromatic hydroxyl groups is 1. The SMILES string of the molecule is CN(C(=O)C(F)(F)F)c1ccc(N=C(c2ccccc2)c2c(O)[nH]c3cc(NC(=O)c4nc5ccccc5[nH]4)ccc23)cc1. The maximum absolute atomic E-state index is 12.9. The van der Waals surface area contributed by atoms with Gasteiger partial charge in [-0.3, -0.25) is 9.59 Å². The van der Waals surface area contributed by atoms with Crippen molar-refractivity contribution in [2.24, 2.45) is 4.99 Å². The van der Waals surface area contributed by atoms with Crippen LogP contribution in [-0.2, 0) is 4.79 Å². The van der Waals surface area contributed by atoms with Gasteiger partial charge >= 0.3 is 12.1 Å². The first-order valence-electron chi connectivity index (χ1n) is 13.3. The second kappa shape index (κ2) is 11.1. The van der Waals surface area contributed by atoms with Crippen molar-refractivity contribution in [3.05, 3.63) is 114 Å². The molecule has 0 aliphatic carbocycles. The van der Waals surface area contributed by atoms with E-state index in [4.69, 9.17) is 4.99 Å². The van der Waals surface area contributed by atoms with Crippen molar-refractivity contribution in [2.45, 2.75) is 6.18 Å². The molecule has 0 saturated carbocycles. The van der Waals surface area contributed by atoms with Crippen molar-refractivity contribution >= 4 is 56.5 Å². The van der Waals surface area contributed by atoms with Crippen LogP contribution in [0.1, 0.15) is 21.7 Å². The number of alkyl halides is 3. The Morgan fingerprint density at radius 3 is 2.30 bits per heavy atom. The molecule has 0 bridgehead atoms. The van der Waals surface area contributed by atoms with Gasteiger partial charge in [0.2, 0.25) is 0 Å². The molecule has 0 aliphatic heterocycles. The van der Waals surface area contributed by atoms with E-state index in [0.29, 0.717) is 49.5 Å². The number of rotatable bonds is 6. The standard InChI is InChI=1S/C32H23F3N6O3/c1-41(31(44)32(33,34)35)21-14-11-19(12-15-21)36-27(18-7-3-2-4-8-18)26-22-16-13-20(17-25(22)40-29(26)42)37-30(43)28-38-23-9-5-6-10-24(23)39-28/h2-17,40,42H,1H3,(H,37,43)(H,38,39). The monoisotopic (exact) mass is 596 g/mol. The number of imidazole rings is 1. The molecule has 0 saturated heterocycles. The number of nitrogens with one attached hydrogen (secondary N) is 3. The number of aromatic amines is 2. The summed E-state index contributed by atoms with van der Waals surface area (Å²) in [7, 11) is 1.04. The van der Waals surface area contributed by atoms with Gasteiger partial charge in [-0.1, -0.05) is 42.5 Å². The molecule has 2 amide bonds. The second-order valence-corrected chi connectivity index (χ2v) is 9.87. The number of halogens is 3. The van der Waals surface area contributed by atoms with E-state index in [2.05, 4.69) is 20.3 Å². The van der Waals surface area contributed by atoms with Gasteiger partial charge in [-0.25, -0.2) is 9.98 Å². The summed E-state index contributed by atoms with van der Waals surface area (Å²) in [6.45, 7) is 0. The number of carbonyl (C=O) groups excluding carboxylic acids is 2. The smallest absolute Gasteiger partial charge is 0.471 e. The second-order valence-electron chi connectivity index (χ2n) is 9.87. The highest BCUT2D eigenvalue weighted by Gasteiger charge is 2.41. The summed E-state index contributed by atoms with van der Waals surface area (Å²) in [5, 5.41) is 14.5. The predicted octanol–water partition coefficient (Wildman–Crippen LogP) is 6.70. The predicted molar refractivity (Wildman–Crippen MR) is 162 cm³/mol. The first-order chi connectivity index (χ1) is 21.1. The van der Waals surface area contributed by atoms with Crippen molar-refractivity contribution in [1.29, 1.82) is 0 Å². The summed E-state index contributed by atoms with van der Waals surface area (Å²) < 4.78 is 38.7. The van der Waals surface area contributed by atoms with Gasteiger partial charge in [0.25, 0.3) is 5.91 Å². The van der Waals surface area contributed by atoms with E-state index < -0.39 is 18.0 Å². The van der Waals surface area contributed by atoms with Crippen molar-refractivity contribution in [3.8, 4) is 5.88 Å². The molecule has 0 fully saturated rings. The summed E-state index contributed by atoms with van der Waals surface area (Å²) in [5.41, 5.74) is 4.24. The van der Waals surface area contributed by atoms with E-state index in [1.807, 2.05) is 48.5 Å². The van der Waals surface area contributed by atoms with Gasteiger partial charge in [-0.15, -0.1) is 0 Å².